The fourth-order valence-corrected chi connectivity index (χ4v) is 1.11. The third-order valence-electron chi connectivity index (χ3n) is 1.66. The number of hydrogen-bond donors (Lipinski definition) is 1. The molecule has 1 rings (SSSR count). The first-order valence-electron chi connectivity index (χ1n) is 4.34. The van der Waals surface area contributed by atoms with Gasteiger partial charge >= 0.3 is 6.18 Å². The Balaban J connectivity index is 2.64. The van der Waals surface area contributed by atoms with Crippen molar-refractivity contribution in [1.29, 1.82) is 0 Å². The Morgan fingerprint density at radius 2 is 2.19 bits per heavy atom. The minimum Gasteiger partial charge on any atom is -0.477 e. The molecular weight excluding hydrogens is 241 g/mol. The van der Waals surface area contributed by atoms with Gasteiger partial charge < -0.3 is 10.5 Å². The molecule has 0 aliphatic carbocycles. The highest BCUT2D eigenvalue weighted by Crippen LogP contribution is 2.20. The van der Waals surface area contributed by atoms with Crippen LogP contribution in [-0.4, -0.2) is 22.8 Å². The lowest BCUT2D eigenvalue weighted by Gasteiger charge is -2.10. The third kappa shape index (κ3) is 4.01. The molecule has 0 atom stereocenters. The number of ether oxygens (including phenoxy) is 1. The number of pyridine rings is 1. The SMILES string of the molecule is NC(=S)c1cccnc1OCCC(F)(F)F. The molecule has 16 heavy (non-hydrogen) atoms. The van der Waals surface area contributed by atoms with Crippen molar-refractivity contribution in [3.63, 3.8) is 0 Å². The van der Waals surface area contributed by atoms with Crippen LogP contribution in [0.5, 0.6) is 5.88 Å². The lowest BCUT2D eigenvalue weighted by atomic mass is 10.3. The molecule has 88 valence electrons. The Bertz CT molecular complexity index is 381. The van der Waals surface area contributed by atoms with Crippen LogP contribution in [-0.2, 0) is 0 Å². The van der Waals surface area contributed by atoms with Crippen LogP contribution in [0.2, 0.25) is 0 Å². The standard InChI is InChI=1S/C9H9F3N2OS/c10-9(11,12)3-5-15-8-6(7(13)16)2-1-4-14-8/h1-2,4H,3,5H2,(H2,13,16). The summed E-state index contributed by atoms with van der Waals surface area (Å²) in [6.07, 6.45) is -3.90. The third-order valence-corrected chi connectivity index (χ3v) is 1.88. The van der Waals surface area contributed by atoms with Crippen molar-refractivity contribution in [3.05, 3.63) is 23.9 Å². The number of aromatic nitrogens is 1. The highest BCUT2D eigenvalue weighted by molar-refractivity contribution is 7.80. The normalized spacial score (nSPS) is 11.2. The summed E-state index contributed by atoms with van der Waals surface area (Å²) in [5.41, 5.74) is 5.69. The van der Waals surface area contributed by atoms with Crippen LogP contribution in [0.4, 0.5) is 13.2 Å². The van der Waals surface area contributed by atoms with Crippen molar-refractivity contribution in [2.24, 2.45) is 5.73 Å². The monoisotopic (exact) mass is 250 g/mol. The second-order valence-corrected chi connectivity index (χ2v) is 3.37. The fourth-order valence-electron chi connectivity index (χ4n) is 0.957. The zero-order valence-corrected chi connectivity index (χ0v) is 8.94. The van der Waals surface area contributed by atoms with E-state index in [1.807, 2.05) is 0 Å². The zero-order chi connectivity index (χ0) is 12.2. The highest BCUT2D eigenvalue weighted by atomic mass is 32.1. The van der Waals surface area contributed by atoms with Gasteiger partial charge in [0, 0.05) is 6.20 Å². The second-order valence-electron chi connectivity index (χ2n) is 2.93. The first-order chi connectivity index (χ1) is 7.40. The van der Waals surface area contributed by atoms with Crippen LogP contribution in [0.1, 0.15) is 12.0 Å². The number of rotatable bonds is 4. The van der Waals surface area contributed by atoms with Gasteiger partial charge in [0.15, 0.2) is 0 Å². The largest absolute Gasteiger partial charge is 0.477 e. The molecule has 3 nitrogen and oxygen atoms in total. The fraction of sp³-hybridized carbons (Fsp3) is 0.333. The molecule has 7 heteroatoms. The molecular formula is C9H9F3N2OS. The Labute approximate surface area is 95.4 Å². The van der Waals surface area contributed by atoms with Gasteiger partial charge in [0.1, 0.15) is 4.99 Å². The predicted molar refractivity (Wildman–Crippen MR) is 56.3 cm³/mol. The molecule has 2 N–H and O–H groups in total. The van der Waals surface area contributed by atoms with E-state index < -0.39 is 19.2 Å². The van der Waals surface area contributed by atoms with E-state index in [4.69, 9.17) is 22.7 Å². The summed E-state index contributed by atoms with van der Waals surface area (Å²) >= 11 is 4.71. The number of thiocarbonyl (C=S) groups is 1. The number of halogens is 3. The Morgan fingerprint density at radius 3 is 2.75 bits per heavy atom. The van der Waals surface area contributed by atoms with Crippen molar-refractivity contribution in [3.8, 4) is 5.88 Å². The minimum absolute atomic E-state index is 0.0271. The summed E-state index contributed by atoms with van der Waals surface area (Å²) in [4.78, 5) is 3.80. The first-order valence-corrected chi connectivity index (χ1v) is 4.75. The lowest BCUT2D eigenvalue weighted by Crippen LogP contribution is -2.16. The van der Waals surface area contributed by atoms with E-state index in [0.717, 1.165) is 0 Å². The minimum atomic E-state index is -4.25. The molecule has 0 saturated carbocycles. The Hall–Kier alpha value is -1.37. The molecule has 0 aliphatic rings. The van der Waals surface area contributed by atoms with Gasteiger partial charge in [-0.15, -0.1) is 0 Å². The summed E-state index contributed by atoms with van der Waals surface area (Å²) in [5, 5.41) is 0. The molecule has 0 aliphatic heterocycles. The van der Waals surface area contributed by atoms with E-state index in [-0.39, 0.29) is 10.9 Å². The van der Waals surface area contributed by atoms with Crippen LogP contribution >= 0.6 is 12.2 Å². The van der Waals surface area contributed by atoms with Crippen LogP contribution in [0.25, 0.3) is 0 Å². The summed E-state index contributed by atoms with van der Waals surface area (Å²) in [7, 11) is 0. The highest BCUT2D eigenvalue weighted by Gasteiger charge is 2.27. The average Bonchev–Trinajstić information content (AvgIpc) is 2.16. The van der Waals surface area contributed by atoms with Gasteiger partial charge in [0.25, 0.3) is 0 Å². The van der Waals surface area contributed by atoms with E-state index in [2.05, 4.69) is 4.98 Å². The number of hydrogen-bond acceptors (Lipinski definition) is 3. The van der Waals surface area contributed by atoms with Crippen LogP contribution in [0.15, 0.2) is 18.3 Å². The summed E-state index contributed by atoms with van der Waals surface area (Å²) in [6.45, 7) is -0.504. The summed E-state index contributed by atoms with van der Waals surface area (Å²) in [6, 6.07) is 3.11. The van der Waals surface area contributed by atoms with Gasteiger partial charge in [0.2, 0.25) is 5.88 Å². The molecule has 1 aromatic heterocycles. The molecule has 0 radical (unpaired) electrons. The molecule has 0 amide bonds. The molecule has 0 spiro atoms. The van der Waals surface area contributed by atoms with Gasteiger partial charge in [-0.25, -0.2) is 4.98 Å². The second kappa shape index (κ2) is 5.11. The lowest BCUT2D eigenvalue weighted by molar-refractivity contribution is -0.139. The smallest absolute Gasteiger partial charge is 0.392 e. The number of nitrogens with zero attached hydrogens (tertiary/aromatic N) is 1. The molecule has 0 bridgehead atoms. The molecule has 1 heterocycles. The maximum absolute atomic E-state index is 11.9. The molecule has 1 aromatic rings. The molecule has 0 unspecified atom stereocenters. The first kappa shape index (κ1) is 12.7. The summed E-state index contributed by atoms with van der Waals surface area (Å²) in [5.74, 6) is 0.0271. The van der Waals surface area contributed by atoms with Crippen molar-refractivity contribution in [1.82, 2.24) is 4.98 Å². The number of nitrogens with two attached hydrogens (primary N) is 1. The van der Waals surface area contributed by atoms with E-state index in [9.17, 15) is 13.2 Å². The van der Waals surface area contributed by atoms with Crippen molar-refractivity contribution in [2.45, 2.75) is 12.6 Å². The van der Waals surface area contributed by atoms with Gasteiger partial charge in [-0.1, -0.05) is 12.2 Å². The van der Waals surface area contributed by atoms with Crippen molar-refractivity contribution < 1.29 is 17.9 Å². The Kier molecular flexibility index (Phi) is 4.05. The van der Waals surface area contributed by atoms with E-state index in [1.165, 1.54) is 12.3 Å². The van der Waals surface area contributed by atoms with E-state index in [1.54, 1.807) is 6.07 Å². The Morgan fingerprint density at radius 1 is 1.50 bits per heavy atom. The quantitative estimate of drug-likeness (QED) is 0.831. The van der Waals surface area contributed by atoms with Crippen molar-refractivity contribution in [2.75, 3.05) is 6.61 Å². The molecule has 0 aromatic carbocycles. The molecule has 0 fully saturated rings. The van der Waals surface area contributed by atoms with Crippen LogP contribution < -0.4 is 10.5 Å². The molecule has 0 saturated heterocycles. The summed E-state index contributed by atoms with van der Waals surface area (Å²) < 4.78 is 40.5. The van der Waals surface area contributed by atoms with E-state index in [0.29, 0.717) is 5.56 Å². The van der Waals surface area contributed by atoms with Gasteiger partial charge in [-0.2, -0.15) is 13.2 Å². The van der Waals surface area contributed by atoms with Gasteiger partial charge in [-0.3, -0.25) is 0 Å². The van der Waals surface area contributed by atoms with Gasteiger partial charge in [-0.05, 0) is 12.1 Å². The average molecular weight is 250 g/mol. The van der Waals surface area contributed by atoms with Crippen LogP contribution in [0.3, 0.4) is 0 Å². The van der Waals surface area contributed by atoms with E-state index >= 15 is 0 Å². The van der Waals surface area contributed by atoms with Crippen molar-refractivity contribution >= 4 is 17.2 Å². The maximum atomic E-state index is 11.9. The van der Waals surface area contributed by atoms with Crippen LogP contribution in [0, 0.1) is 0 Å². The number of alkyl halides is 3. The topological polar surface area (TPSA) is 48.1 Å². The zero-order valence-electron chi connectivity index (χ0n) is 8.12. The predicted octanol–water partition coefficient (Wildman–Crippen LogP) is 2.05. The van der Waals surface area contributed by atoms with Gasteiger partial charge in [0.05, 0.1) is 18.6 Å². The maximum Gasteiger partial charge on any atom is 0.392 e.